The monoisotopic (exact) mass is 395 g/mol. The van der Waals surface area contributed by atoms with Crippen molar-refractivity contribution in [3.8, 4) is 5.75 Å². The highest BCUT2D eigenvalue weighted by atomic mass is 35.5. The number of benzene rings is 1. The summed E-state index contributed by atoms with van der Waals surface area (Å²) in [5.41, 5.74) is -0.0271. The van der Waals surface area contributed by atoms with Gasteiger partial charge in [-0.2, -0.15) is 9.61 Å². The summed E-state index contributed by atoms with van der Waals surface area (Å²) < 4.78 is 16.6. The maximum Gasteiger partial charge on any atom is 0.344 e. The highest BCUT2D eigenvalue weighted by Gasteiger charge is 2.11. The summed E-state index contributed by atoms with van der Waals surface area (Å²) in [6, 6.07) is 8.07. The topological polar surface area (TPSA) is 92.0 Å². The van der Waals surface area contributed by atoms with Gasteiger partial charge in [0.15, 0.2) is 6.61 Å². The largest absolute Gasteiger partial charge is 0.480 e. The van der Waals surface area contributed by atoms with Crippen molar-refractivity contribution in [2.75, 3.05) is 13.7 Å². The molecule has 0 saturated carbocycles. The molecule has 10 heteroatoms. The fourth-order valence-corrected chi connectivity index (χ4v) is 3.13. The maximum absolute atomic E-state index is 12.1. The zero-order chi connectivity index (χ0) is 18.5. The first kappa shape index (κ1) is 18.3. The number of halogens is 1. The van der Waals surface area contributed by atoms with E-state index in [-0.39, 0.29) is 25.4 Å². The Hall–Kier alpha value is -2.49. The molecule has 2 heterocycles. The van der Waals surface area contributed by atoms with Gasteiger partial charge < -0.3 is 14.2 Å². The van der Waals surface area contributed by atoms with Crippen LogP contribution in [0.1, 0.15) is 10.7 Å². The van der Waals surface area contributed by atoms with Crippen LogP contribution in [0.25, 0.3) is 4.96 Å². The summed E-state index contributed by atoms with van der Waals surface area (Å²) >= 11 is 7.17. The first-order valence-corrected chi connectivity index (χ1v) is 8.67. The molecule has 1 aromatic carbocycles. The number of nitrogens with zero attached hydrogens (tertiary/aromatic N) is 3. The number of aromatic nitrogens is 3. The van der Waals surface area contributed by atoms with Crippen LogP contribution in [0.4, 0.5) is 0 Å². The van der Waals surface area contributed by atoms with Gasteiger partial charge >= 0.3 is 5.97 Å². The number of esters is 1. The second-order valence-corrected chi connectivity index (χ2v) is 6.54. The Morgan fingerprint density at radius 3 is 2.88 bits per heavy atom. The highest BCUT2D eigenvalue weighted by molar-refractivity contribution is 7.16. The van der Waals surface area contributed by atoms with Gasteiger partial charge in [0, 0.05) is 13.2 Å². The number of rotatable bonds is 7. The molecule has 0 saturated heterocycles. The van der Waals surface area contributed by atoms with Crippen LogP contribution in [0.2, 0.25) is 5.02 Å². The smallest absolute Gasteiger partial charge is 0.344 e. The Labute approximate surface area is 156 Å². The van der Waals surface area contributed by atoms with Gasteiger partial charge in [0.2, 0.25) is 4.96 Å². The van der Waals surface area contributed by atoms with Gasteiger partial charge in [-0.05, 0) is 12.1 Å². The number of fused-ring (bicyclic) bond motifs is 1. The van der Waals surface area contributed by atoms with Crippen LogP contribution < -0.4 is 10.3 Å². The van der Waals surface area contributed by atoms with Crippen molar-refractivity contribution in [3.05, 3.63) is 56.4 Å². The molecule has 0 fully saturated rings. The molecule has 136 valence electrons. The third kappa shape index (κ3) is 4.37. The molecule has 26 heavy (non-hydrogen) atoms. The minimum Gasteiger partial charge on any atom is -0.480 e. The molecule has 0 radical (unpaired) electrons. The lowest BCUT2D eigenvalue weighted by atomic mass is 10.3. The van der Waals surface area contributed by atoms with Gasteiger partial charge in [-0.25, -0.2) is 9.78 Å². The van der Waals surface area contributed by atoms with Gasteiger partial charge in [0.25, 0.3) is 5.56 Å². The Morgan fingerprint density at radius 1 is 1.31 bits per heavy atom. The lowest BCUT2D eigenvalue weighted by Gasteiger charge is -2.07. The quantitative estimate of drug-likeness (QED) is 0.565. The molecule has 0 aliphatic rings. The standard InChI is InChI=1S/C16H14ClN3O5S/c1-23-8-13-19-20-14(21)6-10(18-16(20)26-13)7-25-15(22)9-24-12-5-3-2-4-11(12)17/h2-6H,7-9H2,1H3. The number of hydrogen-bond acceptors (Lipinski definition) is 8. The van der Waals surface area contributed by atoms with E-state index in [1.165, 1.54) is 29.0 Å². The summed E-state index contributed by atoms with van der Waals surface area (Å²) in [5, 5.41) is 5.13. The minimum absolute atomic E-state index is 0.145. The van der Waals surface area contributed by atoms with E-state index < -0.39 is 5.97 Å². The van der Waals surface area contributed by atoms with Gasteiger partial charge in [0.05, 0.1) is 17.3 Å². The molecular weight excluding hydrogens is 382 g/mol. The third-order valence-corrected chi connectivity index (χ3v) is 4.37. The van der Waals surface area contributed by atoms with Crippen LogP contribution in [-0.2, 0) is 27.5 Å². The van der Waals surface area contributed by atoms with E-state index in [1.54, 1.807) is 24.3 Å². The van der Waals surface area contributed by atoms with E-state index in [4.69, 9.17) is 25.8 Å². The van der Waals surface area contributed by atoms with E-state index in [0.717, 1.165) is 0 Å². The summed E-state index contributed by atoms with van der Waals surface area (Å²) in [4.78, 5) is 28.5. The zero-order valence-corrected chi connectivity index (χ0v) is 15.2. The van der Waals surface area contributed by atoms with Gasteiger partial charge in [-0.1, -0.05) is 35.1 Å². The average Bonchev–Trinajstić information content (AvgIpc) is 3.03. The lowest BCUT2D eigenvalue weighted by molar-refractivity contribution is -0.147. The number of para-hydroxylation sites is 1. The van der Waals surface area contributed by atoms with E-state index in [2.05, 4.69) is 10.1 Å². The molecule has 0 bridgehead atoms. The van der Waals surface area contributed by atoms with Crippen LogP contribution in [-0.4, -0.2) is 34.3 Å². The molecule has 3 aromatic rings. The van der Waals surface area contributed by atoms with Crippen LogP contribution in [0.3, 0.4) is 0 Å². The second kappa shape index (κ2) is 8.26. The average molecular weight is 396 g/mol. The second-order valence-electron chi connectivity index (χ2n) is 5.09. The van der Waals surface area contributed by atoms with Gasteiger partial charge in [-0.15, -0.1) is 0 Å². The number of ether oxygens (including phenoxy) is 3. The summed E-state index contributed by atoms with van der Waals surface area (Å²) in [6.45, 7) is -0.158. The molecular formula is C16H14ClN3O5S. The number of carbonyl (C=O) groups excluding carboxylic acids is 1. The number of carbonyl (C=O) groups is 1. The fourth-order valence-electron chi connectivity index (χ4n) is 2.05. The van der Waals surface area contributed by atoms with Crippen LogP contribution >= 0.6 is 22.9 Å². The van der Waals surface area contributed by atoms with E-state index in [9.17, 15) is 9.59 Å². The fraction of sp³-hybridized carbons (Fsp3) is 0.250. The zero-order valence-electron chi connectivity index (χ0n) is 13.7. The first-order valence-electron chi connectivity index (χ1n) is 7.47. The molecule has 0 unspecified atom stereocenters. The van der Waals surface area contributed by atoms with Crippen molar-refractivity contribution < 1.29 is 19.0 Å². The molecule has 0 aliphatic heterocycles. The third-order valence-electron chi connectivity index (χ3n) is 3.17. The number of hydrogen-bond donors (Lipinski definition) is 0. The Balaban J connectivity index is 1.61. The molecule has 0 spiro atoms. The van der Waals surface area contributed by atoms with Gasteiger partial charge in [0.1, 0.15) is 17.4 Å². The molecule has 0 aliphatic carbocycles. The minimum atomic E-state index is -0.601. The van der Waals surface area contributed by atoms with Gasteiger partial charge in [-0.3, -0.25) is 4.79 Å². The molecule has 0 N–H and O–H groups in total. The van der Waals surface area contributed by atoms with Crippen LogP contribution in [0.5, 0.6) is 5.75 Å². The van der Waals surface area contributed by atoms with Crippen molar-refractivity contribution in [2.24, 2.45) is 0 Å². The lowest BCUT2D eigenvalue weighted by Crippen LogP contribution is -2.18. The van der Waals surface area contributed by atoms with Crippen molar-refractivity contribution in [3.63, 3.8) is 0 Å². The highest BCUT2D eigenvalue weighted by Crippen LogP contribution is 2.22. The first-order chi connectivity index (χ1) is 12.6. The number of methoxy groups -OCH3 is 1. The Kier molecular flexibility index (Phi) is 5.82. The summed E-state index contributed by atoms with van der Waals surface area (Å²) in [5.74, 6) is -0.212. The molecule has 3 rings (SSSR count). The predicted molar refractivity (Wildman–Crippen MR) is 94.6 cm³/mol. The summed E-state index contributed by atoms with van der Waals surface area (Å²) in [6.07, 6.45) is 0. The SMILES string of the molecule is COCc1nn2c(=O)cc(COC(=O)COc3ccccc3Cl)nc2s1. The van der Waals surface area contributed by atoms with E-state index >= 15 is 0 Å². The molecule has 2 aromatic heterocycles. The van der Waals surface area contributed by atoms with Crippen molar-refractivity contribution in [1.82, 2.24) is 14.6 Å². The molecule has 0 atom stereocenters. The van der Waals surface area contributed by atoms with Crippen LogP contribution in [0.15, 0.2) is 35.1 Å². The maximum atomic E-state index is 12.1. The molecule has 0 amide bonds. The van der Waals surface area contributed by atoms with Crippen molar-refractivity contribution >= 4 is 33.9 Å². The van der Waals surface area contributed by atoms with Crippen molar-refractivity contribution in [1.29, 1.82) is 0 Å². The van der Waals surface area contributed by atoms with E-state index in [1.807, 2.05) is 0 Å². The van der Waals surface area contributed by atoms with Crippen molar-refractivity contribution in [2.45, 2.75) is 13.2 Å². The summed E-state index contributed by atoms with van der Waals surface area (Å²) in [7, 11) is 1.54. The normalized spacial score (nSPS) is 10.8. The molecule has 8 nitrogen and oxygen atoms in total. The Bertz CT molecular complexity index is 987. The van der Waals surface area contributed by atoms with E-state index in [0.29, 0.717) is 26.4 Å². The predicted octanol–water partition coefficient (Wildman–Crippen LogP) is 2.07. The van der Waals surface area contributed by atoms with Crippen LogP contribution in [0, 0.1) is 0 Å². The Morgan fingerprint density at radius 2 is 2.12 bits per heavy atom.